The quantitative estimate of drug-likeness (QED) is 0.741. The second kappa shape index (κ2) is 8.96. The van der Waals surface area contributed by atoms with Gasteiger partial charge in [-0.1, -0.05) is 6.07 Å². The molecule has 0 unspecified atom stereocenters. The fourth-order valence-electron chi connectivity index (χ4n) is 3.13. The van der Waals surface area contributed by atoms with Crippen molar-refractivity contribution in [2.75, 3.05) is 40.0 Å². The highest BCUT2D eigenvalue weighted by Crippen LogP contribution is 2.32. The summed E-state index contributed by atoms with van der Waals surface area (Å²) in [6.07, 6.45) is 4.53. The molecule has 1 aromatic heterocycles. The van der Waals surface area contributed by atoms with E-state index in [0.29, 0.717) is 19.7 Å². The van der Waals surface area contributed by atoms with Crippen molar-refractivity contribution in [1.82, 2.24) is 15.2 Å². The number of aliphatic hydroxyl groups is 1. The fraction of sp³-hybridized carbons (Fsp3) is 0.647. The van der Waals surface area contributed by atoms with Gasteiger partial charge in [0.15, 0.2) is 0 Å². The molecule has 2 heterocycles. The van der Waals surface area contributed by atoms with Crippen LogP contribution in [0.15, 0.2) is 24.4 Å². The summed E-state index contributed by atoms with van der Waals surface area (Å²) in [5.74, 6) is -0.00358. The first-order chi connectivity index (χ1) is 11.2. The number of ether oxygens (including phenoxy) is 1. The van der Waals surface area contributed by atoms with Crippen LogP contribution in [0.2, 0.25) is 0 Å². The molecule has 0 bridgehead atoms. The molecule has 0 radical (unpaired) electrons. The van der Waals surface area contributed by atoms with E-state index in [0.717, 1.165) is 38.0 Å². The summed E-state index contributed by atoms with van der Waals surface area (Å²) in [5, 5.41) is 12.7. The van der Waals surface area contributed by atoms with Crippen LogP contribution in [0.1, 0.15) is 25.0 Å². The second-order valence-corrected chi connectivity index (χ2v) is 6.31. The van der Waals surface area contributed by atoms with E-state index in [1.165, 1.54) is 0 Å². The maximum Gasteiger partial charge on any atom is 0.234 e. The number of aliphatic hydroxyl groups excluding tert-OH is 1. The number of nitrogens with one attached hydrogen (secondary N) is 1. The minimum atomic E-state index is -0.143. The van der Waals surface area contributed by atoms with Gasteiger partial charge in [0.1, 0.15) is 0 Å². The molecular weight excluding hydrogens is 294 g/mol. The maximum absolute atomic E-state index is 12.1. The van der Waals surface area contributed by atoms with Gasteiger partial charge in [-0.3, -0.25) is 14.7 Å². The van der Waals surface area contributed by atoms with Crippen molar-refractivity contribution in [1.29, 1.82) is 0 Å². The van der Waals surface area contributed by atoms with Crippen LogP contribution in [0.4, 0.5) is 0 Å². The number of nitrogens with zero attached hydrogens (tertiary/aromatic N) is 2. The smallest absolute Gasteiger partial charge is 0.234 e. The van der Waals surface area contributed by atoms with Crippen LogP contribution in [-0.4, -0.2) is 60.9 Å². The van der Waals surface area contributed by atoms with Gasteiger partial charge in [-0.2, -0.15) is 0 Å². The molecule has 6 nitrogen and oxygen atoms in total. The molecule has 1 amide bonds. The molecule has 0 saturated carbocycles. The van der Waals surface area contributed by atoms with Crippen molar-refractivity contribution in [3.05, 3.63) is 30.1 Å². The third kappa shape index (κ3) is 5.57. The number of aromatic nitrogens is 1. The van der Waals surface area contributed by atoms with E-state index in [4.69, 9.17) is 4.74 Å². The highest BCUT2D eigenvalue weighted by molar-refractivity contribution is 5.77. The molecule has 1 aliphatic heterocycles. The average molecular weight is 321 g/mol. The van der Waals surface area contributed by atoms with Crippen molar-refractivity contribution in [3.8, 4) is 0 Å². The molecule has 1 atom stereocenters. The molecule has 0 aliphatic carbocycles. The lowest BCUT2D eigenvalue weighted by Gasteiger charge is -2.41. The molecule has 23 heavy (non-hydrogen) atoms. The zero-order valence-corrected chi connectivity index (χ0v) is 13.8. The van der Waals surface area contributed by atoms with Crippen molar-refractivity contribution >= 4 is 5.91 Å². The number of rotatable bonds is 8. The predicted molar refractivity (Wildman–Crippen MR) is 87.8 cm³/mol. The molecule has 2 rings (SSSR count). The van der Waals surface area contributed by atoms with E-state index in [-0.39, 0.29) is 17.9 Å². The van der Waals surface area contributed by atoms with Crippen LogP contribution in [0.25, 0.3) is 0 Å². The molecule has 1 saturated heterocycles. The number of likely N-dealkylation sites (tertiary alicyclic amines) is 1. The van der Waals surface area contributed by atoms with Gasteiger partial charge in [-0.25, -0.2) is 0 Å². The lowest BCUT2D eigenvalue weighted by atomic mass is 9.78. The number of hydrogen-bond acceptors (Lipinski definition) is 5. The number of carbonyl (C=O) groups is 1. The summed E-state index contributed by atoms with van der Waals surface area (Å²) in [5.41, 5.74) is 0.708. The predicted octanol–water partition coefficient (Wildman–Crippen LogP) is 0.809. The fourth-order valence-corrected chi connectivity index (χ4v) is 3.13. The van der Waals surface area contributed by atoms with Crippen molar-refractivity contribution in [2.45, 2.75) is 25.8 Å². The Hall–Kier alpha value is -1.50. The first-order valence-corrected chi connectivity index (χ1v) is 8.16. The highest BCUT2D eigenvalue weighted by Gasteiger charge is 2.35. The summed E-state index contributed by atoms with van der Waals surface area (Å²) >= 11 is 0. The van der Waals surface area contributed by atoms with Gasteiger partial charge >= 0.3 is 0 Å². The zero-order valence-electron chi connectivity index (χ0n) is 13.8. The minimum Gasteiger partial charge on any atom is -0.396 e. The molecule has 1 aromatic rings. The number of carbonyl (C=O) groups excluding carboxylic acids is 1. The van der Waals surface area contributed by atoms with Crippen LogP contribution in [0.3, 0.4) is 0 Å². The van der Waals surface area contributed by atoms with Crippen LogP contribution in [-0.2, 0) is 16.1 Å². The summed E-state index contributed by atoms with van der Waals surface area (Å²) in [7, 11) is 1.68. The number of piperidine rings is 1. The Bertz CT molecular complexity index is 483. The first kappa shape index (κ1) is 17.8. The Kier molecular flexibility index (Phi) is 6.95. The van der Waals surface area contributed by atoms with Gasteiger partial charge in [-0.05, 0) is 37.9 Å². The summed E-state index contributed by atoms with van der Waals surface area (Å²) in [4.78, 5) is 18.5. The summed E-state index contributed by atoms with van der Waals surface area (Å²) < 4.78 is 5.16. The first-order valence-electron chi connectivity index (χ1n) is 8.16. The van der Waals surface area contributed by atoms with Crippen molar-refractivity contribution in [3.63, 3.8) is 0 Å². The van der Waals surface area contributed by atoms with Crippen molar-refractivity contribution < 1.29 is 14.6 Å². The standard InChI is InChI=1S/C17H27N3O3/c1-23-10-7-17(14-21)6-4-9-20(13-17)12-16(22)19-11-15-5-2-3-8-18-15/h2-3,5,8,21H,4,6-7,9-14H2,1H3,(H,19,22)/t17-/m1/s1. The monoisotopic (exact) mass is 321 g/mol. The largest absolute Gasteiger partial charge is 0.396 e. The van der Waals surface area contributed by atoms with Crippen LogP contribution >= 0.6 is 0 Å². The zero-order chi connectivity index (χ0) is 16.5. The molecular formula is C17H27N3O3. The van der Waals surface area contributed by atoms with E-state index in [9.17, 15) is 9.90 Å². The average Bonchev–Trinajstić information content (AvgIpc) is 2.59. The molecule has 6 heteroatoms. The second-order valence-electron chi connectivity index (χ2n) is 6.31. The molecule has 1 aliphatic rings. The van der Waals surface area contributed by atoms with E-state index >= 15 is 0 Å². The van der Waals surface area contributed by atoms with E-state index in [1.807, 2.05) is 18.2 Å². The van der Waals surface area contributed by atoms with Gasteiger partial charge in [0, 0.05) is 31.9 Å². The van der Waals surface area contributed by atoms with E-state index in [1.54, 1.807) is 13.3 Å². The maximum atomic E-state index is 12.1. The lowest BCUT2D eigenvalue weighted by Crippen LogP contribution is -2.49. The molecule has 128 valence electrons. The Morgan fingerprint density at radius 3 is 3.09 bits per heavy atom. The summed E-state index contributed by atoms with van der Waals surface area (Å²) in [6.45, 7) is 3.22. The molecule has 0 spiro atoms. The van der Waals surface area contributed by atoms with Gasteiger partial charge in [0.25, 0.3) is 0 Å². The highest BCUT2D eigenvalue weighted by atomic mass is 16.5. The Labute approximate surface area is 137 Å². The third-order valence-corrected chi connectivity index (χ3v) is 4.47. The van der Waals surface area contributed by atoms with Gasteiger partial charge < -0.3 is 15.2 Å². The van der Waals surface area contributed by atoms with E-state index in [2.05, 4.69) is 15.2 Å². The van der Waals surface area contributed by atoms with Crippen LogP contribution < -0.4 is 5.32 Å². The number of amides is 1. The van der Waals surface area contributed by atoms with Gasteiger partial charge in [0.05, 0.1) is 25.4 Å². The molecule has 1 fully saturated rings. The summed E-state index contributed by atoms with van der Waals surface area (Å²) in [6, 6.07) is 5.65. The number of methoxy groups -OCH3 is 1. The number of hydrogen-bond donors (Lipinski definition) is 2. The van der Waals surface area contributed by atoms with Gasteiger partial charge in [0.2, 0.25) is 5.91 Å². The Morgan fingerprint density at radius 1 is 1.52 bits per heavy atom. The Balaban J connectivity index is 1.80. The third-order valence-electron chi connectivity index (χ3n) is 4.47. The van der Waals surface area contributed by atoms with Crippen LogP contribution in [0.5, 0.6) is 0 Å². The molecule has 0 aromatic carbocycles. The van der Waals surface area contributed by atoms with Crippen LogP contribution in [0, 0.1) is 5.41 Å². The molecule has 2 N–H and O–H groups in total. The number of pyridine rings is 1. The normalized spacial score (nSPS) is 22.0. The Morgan fingerprint density at radius 2 is 2.39 bits per heavy atom. The van der Waals surface area contributed by atoms with Crippen molar-refractivity contribution in [2.24, 2.45) is 5.41 Å². The lowest BCUT2D eigenvalue weighted by molar-refractivity contribution is -0.123. The SMILES string of the molecule is COCC[C@]1(CO)CCCN(CC(=O)NCc2ccccn2)C1. The van der Waals surface area contributed by atoms with Gasteiger partial charge in [-0.15, -0.1) is 0 Å². The topological polar surface area (TPSA) is 74.7 Å². The minimum absolute atomic E-state index is 0.00358. The van der Waals surface area contributed by atoms with E-state index < -0.39 is 0 Å².